The van der Waals surface area contributed by atoms with Crippen LogP contribution in [0.3, 0.4) is 0 Å². The highest BCUT2D eigenvalue weighted by Crippen LogP contribution is 2.41. The smallest absolute Gasteiger partial charge is 0.416 e. The summed E-state index contributed by atoms with van der Waals surface area (Å²) in [6.45, 7) is 3.66. The molecule has 0 bridgehead atoms. The predicted molar refractivity (Wildman–Crippen MR) is 129 cm³/mol. The van der Waals surface area contributed by atoms with Crippen LogP contribution in [0.4, 0.5) is 13.2 Å². The van der Waals surface area contributed by atoms with Gasteiger partial charge in [-0.3, -0.25) is 0 Å². The minimum Gasteiger partial charge on any atom is -0.482 e. The van der Waals surface area contributed by atoms with Crippen molar-refractivity contribution >= 4 is 17.7 Å². The third kappa shape index (κ3) is 7.03. The van der Waals surface area contributed by atoms with Gasteiger partial charge in [-0.2, -0.15) is 13.2 Å². The van der Waals surface area contributed by atoms with Crippen LogP contribution in [0.2, 0.25) is 0 Å². The van der Waals surface area contributed by atoms with Gasteiger partial charge in [-0.1, -0.05) is 56.2 Å². The van der Waals surface area contributed by atoms with E-state index in [-0.39, 0.29) is 11.9 Å². The Balaban J connectivity index is 1.76. The van der Waals surface area contributed by atoms with Crippen LogP contribution in [0.25, 0.3) is 11.1 Å². The summed E-state index contributed by atoms with van der Waals surface area (Å²) >= 11 is 1.74. The Morgan fingerprint density at radius 3 is 2.15 bits per heavy atom. The number of rotatable bonds is 10. The van der Waals surface area contributed by atoms with Crippen molar-refractivity contribution in [1.29, 1.82) is 0 Å². The SMILES string of the molecule is CCCCC(Sc1ccc(OCC(=O)O)c(C)c1)c1ccc(-c2ccc(C(F)(F)F)cc2)cc1. The number of unbranched alkanes of at least 4 members (excludes halogenated alkanes) is 1. The highest BCUT2D eigenvalue weighted by molar-refractivity contribution is 7.99. The summed E-state index contributed by atoms with van der Waals surface area (Å²) in [6.07, 6.45) is -1.22. The summed E-state index contributed by atoms with van der Waals surface area (Å²) in [5.41, 5.74) is 2.98. The zero-order chi connectivity index (χ0) is 24.7. The minimum absolute atomic E-state index is 0.215. The van der Waals surface area contributed by atoms with E-state index in [0.717, 1.165) is 58.5 Å². The number of hydrogen-bond donors (Lipinski definition) is 1. The van der Waals surface area contributed by atoms with Crippen LogP contribution in [-0.2, 0) is 11.0 Å². The van der Waals surface area contributed by atoms with Gasteiger partial charge in [-0.15, -0.1) is 11.8 Å². The number of aliphatic carboxylic acids is 1. The third-order valence-electron chi connectivity index (χ3n) is 5.42. The number of carboxylic acids is 1. The van der Waals surface area contributed by atoms with Gasteiger partial charge in [0, 0.05) is 10.1 Å². The summed E-state index contributed by atoms with van der Waals surface area (Å²) < 4.78 is 43.8. The van der Waals surface area contributed by atoms with Crippen molar-refractivity contribution in [1.82, 2.24) is 0 Å². The molecule has 3 nitrogen and oxygen atoms in total. The van der Waals surface area contributed by atoms with Gasteiger partial charge in [0.05, 0.1) is 5.56 Å². The molecule has 180 valence electrons. The van der Waals surface area contributed by atoms with Crippen molar-refractivity contribution in [3.8, 4) is 16.9 Å². The zero-order valence-corrected chi connectivity index (χ0v) is 19.9. The lowest BCUT2D eigenvalue weighted by molar-refractivity contribution is -0.139. The van der Waals surface area contributed by atoms with Gasteiger partial charge in [-0.25, -0.2) is 4.79 Å². The fourth-order valence-corrected chi connectivity index (χ4v) is 4.88. The molecule has 3 aromatic rings. The van der Waals surface area contributed by atoms with Gasteiger partial charge >= 0.3 is 12.1 Å². The van der Waals surface area contributed by atoms with Crippen LogP contribution in [0.1, 0.15) is 48.1 Å². The minimum atomic E-state index is -4.34. The number of hydrogen-bond acceptors (Lipinski definition) is 3. The standard InChI is InChI=1S/C27H27F3O3S/c1-3-4-5-25(34-23-14-15-24(18(2)16-23)33-17-26(31)32)21-8-6-19(7-9-21)20-10-12-22(13-11-20)27(28,29)30/h6-16,25H,3-5,17H2,1-2H3,(H,31,32). The molecule has 0 saturated carbocycles. The first-order valence-electron chi connectivity index (χ1n) is 11.1. The molecule has 0 radical (unpaired) electrons. The molecule has 0 saturated heterocycles. The first-order chi connectivity index (χ1) is 16.2. The third-order valence-corrected chi connectivity index (χ3v) is 6.74. The topological polar surface area (TPSA) is 46.5 Å². The number of halogens is 3. The van der Waals surface area contributed by atoms with E-state index in [0.29, 0.717) is 5.75 Å². The first-order valence-corrected chi connectivity index (χ1v) is 11.9. The maximum Gasteiger partial charge on any atom is 0.416 e. The highest BCUT2D eigenvalue weighted by atomic mass is 32.2. The second-order valence-corrected chi connectivity index (χ2v) is 9.33. The molecule has 1 N–H and O–H groups in total. The average molecular weight is 489 g/mol. The Morgan fingerprint density at radius 1 is 1.00 bits per heavy atom. The number of ether oxygens (including phenoxy) is 1. The Hall–Kier alpha value is -2.93. The van der Waals surface area contributed by atoms with E-state index in [1.165, 1.54) is 12.1 Å². The van der Waals surface area contributed by atoms with E-state index < -0.39 is 17.7 Å². The molecule has 0 amide bonds. The molecule has 1 atom stereocenters. The summed E-state index contributed by atoms with van der Waals surface area (Å²) in [6, 6.07) is 18.9. The van der Waals surface area contributed by atoms with E-state index in [4.69, 9.17) is 9.84 Å². The van der Waals surface area contributed by atoms with Gasteiger partial charge in [0.1, 0.15) is 5.75 Å². The number of aryl methyl sites for hydroxylation is 1. The number of carboxylic acid groups (broad SMARTS) is 1. The maximum atomic E-state index is 12.8. The van der Waals surface area contributed by atoms with Gasteiger partial charge in [-0.05, 0) is 65.9 Å². The van der Waals surface area contributed by atoms with E-state index in [9.17, 15) is 18.0 Å². The summed E-state index contributed by atoms with van der Waals surface area (Å²) in [7, 11) is 0. The second-order valence-electron chi connectivity index (χ2n) is 8.06. The van der Waals surface area contributed by atoms with Gasteiger partial charge in [0.2, 0.25) is 0 Å². The summed E-state index contributed by atoms with van der Waals surface area (Å²) in [5.74, 6) is -0.463. The summed E-state index contributed by atoms with van der Waals surface area (Å²) in [5, 5.41) is 9.02. The fraction of sp³-hybridized carbons (Fsp3) is 0.296. The van der Waals surface area contributed by atoms with Crippen molar-refractivity contribution in [2.45, 2.75) is 49.4 Å². The number of benzene rings is 3. The van der Waals surface area contributed by atoms with Crippen LogP contribution in [0.5, 0.6) is 5.75 Å². The molecule has 0 aromatic heterocycles. The first kappa shape index (κ1) is 25.7. The Bertz CT molecular complexity index is 1090. The van der Waals surface area contributed by atoms with Crippen molar-refractivity contribution in [2.24, 2.45) is 0 Å². The van der Waals surface area contributed by atoms with E-state index >= 15 is 0 Å². The quantitative estimate of drug-likeness (QED) is 0.292. The molecule has 0 fully saturated rings. The van der Waals surface area contributed by atoms with E-state index in [1.54, 1.807) is 17.8 Å². The van der Waals surface area contributed by atoms with Gasteiger partial charge in [0.15, 0.2) is 6.61 Å². The molecular formula is C27H27F3O3S. The molecule has 7 heteroatoms. The van der Waals surface area contributed by atoms with E-state index in [2.05, 4.69) is 6.92 Å². The number of alkyl halides is 3. The van der Waals surface area contributed by atoms with Crippen LogP contribution in [0.15, 0.2) is 71.6 Å². The summed E-state index contributed by atoms with van der Waals surface area (Å²) in [4.78, 5) is 11.8. The van der Waals surface area contributed by atoms with Crippen molar-refractivity contribution in [3.05, 3.63) is 83.4 Å². The van der Waals surface area contributed by atoms with Crippen LogP contribution >= 0.6 is 11.8 Å². The second kappa shape index (κ2) is 11.5. The van der Waals surface area contributed by atoms with Crippen LogP contribution < -0.4 is 4.74 Å². The average Bonchev–Trinajstić information content (AvgIpc) is 2.81. The number of carbonyl (C=O) groups is 1. The van der Waals surface area contributed by atoms with Gasteiger partial charge < -0.3 is 9.84 Å². The Morgan fingerprint density at radius 2 is 1.62 bits per heavy atom. The molecular weight excluding hydrogens is 461 g/mol. The highest BCUT2D eigenvalue weighted by Gasteiger charge is 2.30. The molecule has 0 spiro atoms. The lowest BCUT2D eigenvalue weighted by atomic mass is 10.00. The largest absolute Gasteiger partial charge is 0.482 e. The maximum absolute atomic E-state index is 12.8. The molecule has 0 aliphatic rings. The molecule has 3 aromatic carbocycles. The van der Waals surface area contributed by atoms with Crippen molar-refractivity contribution in [3.63, 3.8) is 0 Å². The van der Waals surface area contributed by atoms with Gasteiger partial charge in [0.25, 0.3) is 0 Å². The van der Waals surface area contributed by atoms with Crippen LogP contribution in [0, 0.1) is 6.92 Å². The lowest BCUT2D eigenvalue weighted by Crippen LogP contribution is -2.10. The molecule has 34 heavy (non-hydrogen) atoms. The van der Waals surface area contributed by atoms with Crippen molar-refractivity contribution < 1.29 is 27.8 Å². The molecule has 0 aliphatic carbocycles. The molecule has 0 heterocycles. The van der Waals surface area contributed by atoms with E-state index in [1.807, 2.05) is 43.3 Å². The Labute approximate surface area is 202 Å². The molecule has 3 rings (SSSR count). The fourth-order valence-electron chi connectivity index (χ4n) is 3.59. The monoisotopic (exact) mass is 488 g/mol. The predicted octanol–water partition coefficient (Wildman–Crippen LogP) is 8.17. The lowest BCUT2D eigenvalue weighted by Gasteiger charge is -2.18. The zero-order valence-electron chi connectivity index (χ0n) is 19.1. The Kier molecular flexibility index (Phi) is 8.67. The molecule has 1 unspecified atom stereocenters. The van der Waals surface area contributed by atoms with Crippen LogP contribution in [-0.4, -0.2) is 17.7 Å². The van der Waals surface area contributed by atoms with Crippen molar-refractivity contribution in [2.75, 3.05) is 6.61 Å². The molecule has 0 aliphatic heterocycles. The normalized spacial score (nSPS) is 12.4. The number of thioether (sulfide) groups is 1.